The predicted molar refractivity (Wildman–Crippen MR) is 110 cm³/mol. The molecule has 0 aliphatic heterocycles. The molecular formula is C21H26N4O3. The van der Waals surface area contributed by atoms with Gasteiger partial charge in [-0.2, -0.15) is 0 Å². The minimum Gasteiger partial charge on any atom is -0.454 e. The van der Waals surface area contributed by atoms with E-state index in [2.05, 4.69) is 15.3 Å². The van der Waals surface area contributed by atoms with E-state index in [-0.39, 0.29) is 17.5 Å². The van der Waals surface area contributed by atoms with Crippen molar-refractivity contribution in [3.8, 4) is 11.5 Å². The molecule has 148 valence electrons. The number of aryl methyl sites for hydroxylation is 1. The highest BCUT2D eigenvalue weighted by Crippen LogP contribution is 2.39. The number of fused-ring (bicyclic) bond motifs is 1. The number of aromatic nitrogens is 3. The minimum atomic E-state index is -0.253. The number of imidazole rings is 1. The summed E-state index contributed by atoms with van der Waals surface area (Å²) >= 11 is 0. The maximum absolute atomic E-state index is 12.3. The fourth-order valence-electron chi connectivity index (χ4n) is 3.21. The van der Waals surface area contributed by atoms with Crippen LogP contribution >= 0.6 is 0 Å². The minimum absolute atomic E-state index is 0.0425. The summed E-state index contributed by atoms with van der Waals surface area (Å²) in [5.74, 6) is 1.01. The molecule has 0 spiro atoms. The molecule has 7 heteroatoms. The number of hydrogen-bond donors (Lipinski definition) is 2. The molecule has 0 atom stereocenters. The number of aromatic amines is 1. The number of anilines is 1. The third-order valence-corrected chi connectivity index (χ3v) is 5.29. The average Bonchev–Trinajstić information content (AvgIpc) is 2.95. The summed E-state index contributed by atoms with van der Waals surface area (Å²) in [6, 6.07) is 1.72. The fraction of sp³-hybridized carbons (Fsp3) is 0.381. The van der Waals surface area contributed by atoms with Crippen LogP contribution in [0.3, 0.4) is 0 Å². The van der Waals surface area contributed by atoms with E-state index in [1.807, 2.05) is 41.5 Å². The van der Waals surface area contributed by atoms with Crippen LogP contribution in [0.25, 0.3) is 11.2 Å². The molecule has 3 aromatic rings. The van der Waals surface area contributed by atoms with Gasteiger partial charge in [0.25, 0.3) is 0 Å². The fourth-order valence-corrected chi connectivity index (χ4v) is 3.21. The van der Waals surface area contributed by atoms with Crippen LogP contribution in [0.1, 0.15) is 36.1 Å². The number of carbonyl (C=O) groups excluding carboxylic acids is 1. The quantitative estimate of drug-likeness (QED) is 0.717. The zero-order valence-corrected chi connectivity index (χ0v) is 17.4. The van der Waals surface area contributed by atoms with Crippen molar-refractivity contribution in [1.82, 2.24) is 14.5 Å². The molecule has 0 saturated heterocycles. The molecule has 2 heterocycles. The van der Waals surface area contributed by atoms with Gasteiger partial charge in [0.15, 0.2) is 11.4 Å². The largest absolute Gasteiger partial charge is 0.454 e. The van der Waals surface area contributed by atoms with Gasteiger partial charge in [-0.25, -0.2) is 9.78 Å². The van der Waals surface area contributed by atoms with Crippen LogP contribution in [-0.4, -0.2) is 20.4 Å². The number of amides is 1. The van der Waals surface area contributed by atoms with Gasteiger partial charge in [-0.15, -0.1) is 0 Å². The Hall–Kier alpha value is -3.09. The Morgan fingerprint density at radius 3 is 2.46 bits per heavy atom. The van der Waals surface area contributed by atoms with Gasteiger partial charge in [0.2, 0.25) is 5.91 Å². The van der Waals surface area contributed by atoms with Crippen LogP contribution in [0.5, 0.6) is 11.5 Å². The lowest BCUT2D eigenvalue weighted by Gasteiger charge is -2.21. The zero-order chi connectivity index (χ0) is 20.7. The molecule has 0 radical (unpaired) electrons. The first kappa shape index (κ1) is 19.7. The smallest absolute Gasteiger partial charge is 0.327 e. The van der Waals surface area contributed by atoms with Crippen molar-refractivity contribution in [1.29, 1.82) is 0 Å². The van der Waals surface area contributed by atoms with Gasteiger partial charge < -0.3 is 15.0 Å². The summed E-state index contributed by atoms with van der Waals surface area (Å²) < 4.78 is 7.71. The summed E-state index contributed by atoms with van der Waals surface area (Å²) in [4.78, 5) is 31.3. The normalized spacial score (nSPS) is 11.3. The zero-order valence-electron chi connectivity index (χ0n) is 17.4. The van der Waals surface area contributed by atoms with Gasteiger partial charge in [0.05, 0.1) is 5.69 Å². The molecule has 0 saturated carbocycles. The number of benzene rings is 1. The van der Waals surface area contributed by atoms with Crippen LogP contribution in [0.4, 0.5) is 5.69 Å². The van der Waals surface area contributed by atoms with E-state index in [1.54, 1.807) is 19.3 Å². The molecular weight excluding hydrogens is 356 g/mol. The van der Waals surface area contributed by atoms with Crippen LogP contribution in [0, 0.1) is 33.6 Å². The number of carbonyl (C=O) groups is 1. The lowest BCUT2D eigenvalue weighted by Crippen LogP contribution is -2.19. The topological polar surface area (TPSA) is 89.0 Å². The Labute approximate surface area is 163 Å². The number of hydrogen-bond acceptors (Lipinski definition) is 4. The van der Waals surface area contributed by atoms with Crippen molar-refractivity contribution in [2.45, 2.75) is 41.5 Å². The van der Waals surface area contributed by atoms with Crippen molar-refractivity contribution in [3.63, 3.8) is 0 Å². The van der Waals surface area contributed by atoms with Gasteiger partial charge in [-0.3, -0.25) is 9.36 Å². The highest BCUT2D eigenvalue weighted by atomic mass is 16.5. The van der Waals surface area contributed by atoms with Crippen molar-refractivity contribution < 1.29 is 9.53 Å². The third kappa shape index (κ3) is 3.17. The van der Waals surface area contributed by atoms with E-state index in [9.17, 15) is 9.59 Å². The van der Waals surface area contributed by atoms with Crippen LogP contribution in [0.15, 0.2) is 17.1 Å². The monoisotopic (exact) mass is 382 g/mol. The standard InChI is InChI=1S/C21H26N4O3/c1-10(2)20(26)23-16-12(4)11(3)13(5)18(14(16)6)28-15-8-9-22-19-17(15)24-21(27)25(19)7/h8-10H,1-7H3,(H,23,26)(H,24,27). The molecule has 0 fully saturated rings. The van der Waals surface area contributed by atoms with E-state index in [4.69, 9.17) is 4.74 Å². The Balaban J connectivity index is 2.15. The van der Waals surface area contributed by atoms with Gasteiger partial charge in [0.1, 0.15) is 11.3 Å². The summed E-state index contributed by atoms with van der Waals surface area (Å²) in [7, 11) is 1.66. The number of H-pyrrole nitrogens is 1. The molecule has 7 nitrogen and oxygen atoms in total. The Kier molecular flexibility index (Phi) is 5.02. The second kappa shape index (κ2) is 7.14. The van der Waals surface area contributed by atoms with E-state index in [0.29, 0.717) is 22.7 Å². The van der Waals surface area contributed by atoms with Gasteiger partial charge in [-0.1, -0.05) is 13.8 Å². The van der Waals surface area contributed by atoms with Crippen molar-refractivity contribution in [2.24, 2.45) is 13.0 Å². The molecule has 0 bridgehead atoms. The van der Waals surface area contributed by atoms with Gasteiger partial charge in [-0.05, 0) is 44.4 Å². The van der Waals surface area contributed by atoms with Gasteiger partial charge >= 0.3 is 5.69 Å². The molecule has 0 aliphatic rings. The summed E-state index contributed by atoms with van der Waals surface area (Å²) in [5.41, 5.74) is 5.48. The molecule has 3 rings (SSSR count). The first-order chi connectivity index (χ1) is 13.1. The molecule has 28 heavy (non-hydrogen) atoms. The lowest BCUT2D eigenvalue weighted by atomic mass is 9.96. The number of nitrogens with zero attached hydrogens (tertiary/aromatic N) is 2. The van der Waals surface area contributed by atoms with Crippen molar-refractivity contribution in [2.75, 3.05) is 5.32 Å². The Morgan fingerprint density at radius 2 is 1.82 bits per heavy atom. The number of nitrogens with one attached hydrogen (secondary N) is 2. The Bertz CT molecular complexity index is 1140. The van der Waals surface area contributed by atoms with E-state index in [1.165, 1.54) is 4.57 Å². The molecule has 1 amide bonds. The second-order valence-electron chi connectivity index (χ2n) is 7.45. The molecule has 2 aromatic heterocycles. The van der Waals surface area contributed by atoms with E-state index >= 15 is 0 Å². The number of rotatable bonds is 4. The Morgan fingerprint density at radius 1 is 1.14 bits per heavy atom. The van der Waals surface area contributed by atoms with Crippen molar-refractivity contribution >= 4 is 22.8 Å². The summed E-state index contributed by atoms with van der Waals surface area (Å²) in [6.45, 7) is 11.6. The van der Waals surface area contributed by atoms with Crippen LogP contribution < -0.4 is 15.7 Å². The summed E-state index contributed by atoms with van der Waals surface area (Å²) in [6.07, 6.45) is 1.61. The van der Waals surface area contributed by atoms with E-state index in [0.717, 1.165) is 27.9 Å². The molecule has 1 aromatic carbocycles. The first-order valence-electron chi connectivity index (χ1n) is 9.26. The van der Waals surface area contributed by atoms with Crippen molar-refractivity contribution in [3.05, 3.63) is 45.0 Å². The van der Waals surface area contributed by atoms with Crippen LogP contribution in [-0.2, 0) is 11.8 Å². The number of pyridine rings is 1. The molecule has 2 N–H and O–H groups in total. The maximum Gasteiger partial charge on any atom is 0.327 e. The highest BCUT2D eigenvalue weighted by molar-refractivity contribution is 5.94. The third-order valence-electron chi connectivity index (χ3n) is 5.29. The van der Waals surface area contributed by atoms with Gasteiger partial charge in [0, 0.05) is 30.8 Å². The maximum atomic E-state index is 12.3. The molecule has 0 aliphatic carbocycles. The average molecular weight is 382 g/mol. The second-order valence-corrected chi connectivity index (χ2v) is 7.45. The highest BCUT2D eigenvalue weighted by Gasteiger charge is 2.20. The first-order valence-corrected chi connectivity index (χ1v) is 9.26. The van der Waals surface area contributed by atoms with Crippen LogP contribution in [0.2, 0.25) is 0 Å². The number of ether oxygens (including phenoxy) is 1. The summed E-state index contributed by atoms with van der Waals surface area (Å²) in [5, 5.41) is 3.03. The predicted octanol–water partition coefficient (Wildman–Crippen LogP) is 3.88. The lowest BCUT2D eigenvalue weighted by molar-refractivity contribution is -0.118. The molecule has 0 unspecified atom stereocenters. The SMILES string of the molecule is Cc1c(C)c(NC(=O)C(C)C)c(C)c(Oc2ccnc3c2[nH]c(=O)n3C)c1C. The van der Waals surface area contributed by atoms with E-state index < -0.39 is 0 Å².